The fraction of sp³-hybridized carbons (Fsp3) is 0.500. The fourth-order valence-electron chi connectivity index (χ4n) is 2.75. The highest BCUT2D eigenvalue weighted by Gasteiger charge is 2.26. The quantitative estimate of drug-likeness (QED) is 0.582. The molecule has 1 aromatic carbocycles. The van der Waals surface area contributed by atoms with E-state index in [1.807, 2.05) is 0 Å². The number of fused-ring (bicyclic) bond motifs is 4. The monoisotopic (exact) mass is 173 g/mol. The molecular formula is C12H15N. The Morgan fingerprint density at radius 3 is 3.15 bits per heavy atom. The van der Waals surface area contributed by atoms with Crippen LogP contribution in [0.15, 0.2) is 24.3 Å². The maximum absolute atomic E-state index is 2.56. The number of nitrogens with zero attached hydrogens (tertiary/aromatic N) is 1. The van der Waals surface area contributed by atoms with Crippen LogP contribution in [0.4, 0.5) is 5.69 Å². The number of piperidine rings is 1. The SMILES string of the molecule is c1ccc2c(c1)CC1CCCN2C1. The average Bonchev–Trinajstić information content (AvgIpc) is 2.18. The first-order chi connectivity index (χ1) is 6.43. The van der Waals surface area contributed by atoms with E-state index in [2.05, 4.69) is 29.2 Å². The Morgan fingerprint density at radius 1 is 1.23 bits per heavy atom. The van der Waals surface area contributed by atoms with Gasteiger partial charge in [0.2, 0.25) is 0 Å². The summed E-state index contributed by atoms with van der Waals surface area (Å²) >= 11 is 0. The van der Waals surface area contributed by atoms with E-state index in [-0.39, 0.29) is 0 Å². The van der Waals surface area contributed by atoms with Gasteiger partial charge in [0.1, 0.15) is 0 Å². The van der Waals surface area contributed by atoms with E-state index in [4.69, 9.17) is 0 Å². The molecule has 1 heteroatoms. The van der Waals surface area contributed by atoms with Gasteiger partial charge in [0, 0.05) is 18.8 Å². The lowest BCUT2D eigenvalue weighted by molar-refractivity contribution is 0.396. The van der Waals surface area contributed by atoms with Crippen LogP contribution in [0.1, 0.15) is 18.4 Å². The summed E-state index contributed by atoms with van der Waals surface area (Å²) in [6.45, 7) is 2.57. The first-order valence-electron chi connectivity index (χ1n) is 5.26. The van der Waals surface area contributed by atoms with Crippen LogP contribution in [0.3, 0.4) is 0 Å². The van der Waals surface area contributed by atoms with Crippen molar-refractivity contribution in [3.05, 3.63) is 29.8 Å². The molecule has 0 spiro atoms. The van der Waals surface area contributed by atoms with Gasteiger partial charge in [0.15, 0.2) is 0 Å². The standard InChI is InChI=1S/C12H15N/c1-2-6-12-11(5-1)8-10-4-3-7-13(12)9-10/h1-2,5-6,10H,3-4,7-9H2. The van der Waals surface area contributed by atoms with Crippen molar-refractivity contribution < 1.29 is 0 Å². The maximum atomic E-state index is 2.56. The highest BCUT2D eigenvalue weighted by atomic mass is 15.1. The van der Waals surface area contributed by atoms with Crippen molar-refractivity contribution in [1.82, 2.24) is 0 Å². The zero-order chi connectivity index (χ0) is 8.67. The third-order valence-corrected chi connectivity index (χ3v) is 3.36. The van der Waals surface area contributed by atoms with Crippen molar-refractivity contribution in [3.8, 4) is 0 Å². The first kappa shape index (κ1) is 7.43. The van der Waals surface area contributed by atoms with Crippen LogP contribution in [0.2, 0.25) is 0 Å². The lowest BCUT2D eigenvalue weighted by Gasteiger charge is -2.40. The third kappa shape index (κ3) is 1.14. The van der Waals surface area contributed by atoms with Crippen LogP contribution in [-0.4, -0.2) is 13.1 Å². The molecule has 13 heavy (non-hydrogen) atoms. The molecule has 0 aliphatic carbocycles. The number of para-hydroxylation sites is 1. The molecule has 68 valence electrons. The molecule has 0 aromatic heterocycles. The van der Waals surface area contributed by atoms with Gasteiger partial charge in [0.05, 0.1) is 0 Å². The lowest BCUT2D eigenvalue weighted by Crippen LogP contribution is -2.40. The molecule has 0 radical (unpaired) electrons. The van der Waals surface area contributed by atoms with E-state index >= 15 is 0 Å². The Hall–Kier alpha value is -0.980. The molecular weight excluding hydrogens is 158 g/mol. The minimum absolute atomic E-state index is 0.934. The molecule has 1 fully saturated rings. The van der Waals surface area contributed by atoms with Crippen molar-refractivity contribution in [3.63, 3.8) is 0 Å². The van der Waals surface area contributed by atoms with Gasteiger partial charge in [0.25, 0.3) is 0 Å². The molecule has 2 bridgehead atoms. The topological polar surface area (TPSA) is 3.24 Å². The van der Waals surface area contributed by atoms with Gasteiger partial charge in [-0.05, 0) is 36.8 Å². The molecule has 0 N–H and O–H groups in total. The van der Waals surface area contributed by atoms with Crippen molar-refractivity contribution in [2.45, 2.75) is 19.3 Å². The van der Waals surface area contributed by atoms with Gasteiger partial charge in [-0.25, -0.2) is 0 Å². The summed E-state index contributed by atoms with van der Waals surface area (Å²) < 4.78 is 0. The van der Waals surface area contributed by atoms with E-state index in [1.54, 1.807) is 5.56 Å². The summed E-state index contributed by atoms with van der Waals surface area (Å²) in [5.74, 6) is 0.934. The third-order valence-electron chi connectivity index (χ3n) is 3.36. The minimum atomic E-state index is 0.934. The van der Waals surface area contributed by atoms with Crippen molar-refractivity contribution in [2.75, 3.05) is 18.0 Å². The molecule has 0 amide bonds. The summed E-state index contributed by atoms with van der Waals surface area (Å²) in [7, 11) is 0. The average molecular weight is 173 g/mol. The van der Waals surface area contributed by atoms with Crippen molar-refractivity contribution in [1.29, 1.82) is 0 Å². The zero-order valence-electron chi connectivity index (χ0n) is 7.87. The molecule has 2 heterocycles. The van der Waals surface area contributed by atoms with Crippen LogP contribution in [0, 0.1) is 5.92 Å². The van der Waals surface area contributed by atoms with Gasteiger partial charge in [-0.15, -0.1) is 0 Å². The van der Waals surface area contributed by atoms with Crippen molar-refractivity contribution >= 4 is 5.69 Å². The Morgan fingerprint density at radius 2 is 2.15 bits per heavy atom. The highest BCUT2D eigenvalue weighted by Crippen LogP contribution is 2.34. The molecule has 1 saturated heterocycles. The van der Waals surface area contributed by atoms with Gasteiger partial charge >= 0.3 is 0 Å². The summed E-state index contributed by atoms with van der Waals surface area (Å²) in [6, 6.07) is 8.89. The second-order valence-electron chi connectivity index (χ2n) is 4.29. The number of hydrogen-bond donors (Lipinski definition) is 0. The predicted molar refractivity (Wildman–Crippen MR) is 55.1 cm³/mol. The Labute approximate surface area is 79.4 Å². The summed E-state index contributed by atoms with van der Waals surface area (Å²) in [5, 5.41) is 0. The zero-order valence-corrected chi connectivity index (χ0v) is 7.87. The largest absolute Gasteiger partial charge is 0.371 e. The molecule has 1 unspecified atom stereocenters. The maximum Gasteiger partial charge on any atom is 0.0398 e. The molecule has 1 atom stereocenters. The number of benzene rings is 1. The molecule has 0 saturated carbocycles. The molecule has 2 aliphatic heterocycles. The second kappa shape index (κ2) is 2.76. The van der Waals surface area contributed by atoms with Crippen molar-refractivity contribution in [2.24, 2.45) is 5.92 Å². The fourth-order valence-corrected chi connectivity index (χ4v) is 2.75. The summed E-state index contributed by atoms with van der Waals surface area (Å²) in [5.41, 5.74) is 3.07. The summed E-state index contributed by atoms with van der Waals surface area (Å²) in [6.07, 6.45) is 4.14. The van der Waals surface area contributed by atoms with E-state index in [1.165, 1.54) is 38.0 Å². The Balaban J connectivity index is 2.06. The van der Waals surface area contributed by atoms with E-state index < -0.39 is 0 Å². The smallest absolute Gasteiger partial charge is 0.0398 e. The van der Waals surface area contributed by atoms with Crippen LogP contribution in [0.5, 0.6) is 0 Å². The predicted octanol–water partition coefficient (Wildman–Crippen LogP) is 2.46. The van der Waals surface area contributed by atoms with Gasteiger partial charge in [-0.2, -0.15) is 0 Å². The first-order valence-corrected chi connectivity index (χ1v) is 5.26. The molecule has 1 aromatic rings. The van der Waals surface area contributed by atoms with Gasteiger partial charge in [-0.1, -0.05) is 18.2 Å². The highest BCUT2D eigenvalue weighted by molar-refractivity contribution is 5.56. The van der Waals surface area contributed by atoms with E-state index in [0.29, 0.717) is 0 Å². The van der Waals surface area contributed by atoms with Crippen LogP contribution in [-0.2, 0) is 6.42 Å². The number of hydrogen-bond acceptors (Lipinski definition) is 1. The minimum Gasteiger partial charge on any atom is -0.371 e. The lowest BCUT2D eigenvalue weighted by atomic mass is 9.86. The Kier molecular flexibility index (Phi) is 1.58. The van der Waals surface area contributed by atoms with Crippen LogP contribution >= 0.6 is 0 Å². The van der Waals surface area contributed by atoms with Crippen LogP contribution in [0.25, 0.3) is 0 Å². The normalized spacial score (nSPS) is 25.5. The van der Waals surface area contributed by atoms with E-state index in [9.17, 15) is 0 Å². The number of anilines is 1. The number of rotatable bonds is 0. The Bertz CT molecular complexity index is 319. The van der Waals surface area contributed by atoms with Crippen LogP contribution < -0.4 is 4.90 Å². The summed E-state index contributed by atoms with van der Waals surface area (Å²) in [4.78, 5) is 2.56. The van der Waals surface area contributed by atoms with Gasteiger partial charge < -0.3 is 4.90 Å². The van der Waals surface area contributed by atoms with Gasteiger partial charge in [-0.3, -0.25) is 0 Å². The molecule has 3 rings (SSSR count). The molecule has 1 nitrogen and oxygen atoms in total. The molecule has 2 aliphatic rings. The van der Waals surface area contributed by atoms with E-state index in [0.717, 1.165) is 5.92 Å². The second-order valence-corrected chi connectivity index (χ2v) is 4.29.